The lowest BCUT2D eigenvalue weighted by Crippen LogP contribution is -2.06. The van der Waals surface area contributed by atoms with Crippen LogP contribution < -0.4 is 0 Å². The highest BCUT2D eigenvalue weighted by Crippen LogP contribution is 2.28. The summed E-state index contributed by atoms with van der Waals surface area (Å²) in [5, 5.41) is 14.0. The van der Waals surface area contributed by atoms with Crippen LogP contribution in [0, 0.1) is 11.3 Å². The minimum atomic E-state index is -0.646. The molecule has 0 bridgehead atoms. The van der Waals surface area contributed by atoms with E-state index in [0.29, 0.717) is 11.3 Å². The molecule has 134 valence electrons. The summed E-state index contributed by atoms with van der Waals surface area (Å²) in [4.78, 5) is 12.0. The lowest BCUT2D eigenvalue weighted by atomic mass is 10.1. The predicted molar refractivity (Wildman–Crippen MR) is 107 cm³/mol. The minimum absolute atomic E-state index is 0.0688. The number of carbonyl (C=O) groups is 1. The number of hydrogen-bond donors (Lipinski definition) is 0. The van der Waals surface area contributed by atoms with Gasteiger partial charge in [0.05, 0.1) is 12.3 Å². The molecule has 0 saturated carbocycles. The van der Waals surface area contributed by atoms with Crippen LogP contribution in [0.25, 0.3) is 23.0 Å². The van der Waals surface area contributed by atoms with Gasteiger partial charge < -0.3 is 4.74 Å². The van der Waals surface area contributed by atoms with Gasteiger partial charge in [-0.05, 0) is 37.3 Å². The number of nitrogens with zero attached hydrogens (tertiary/aromatic N) is 3. The first-order chi connectivity index (χ1) is 13.1. The number of ether oxygens (including phenoxy) is 1. The first-order valence-electron chi connectivity index (χ1n) is 8.32. The van der Waals surface area contributed by atoms with E-state index >= 15 is 0 Å². The van der Waals surface area contributed by atoms with Gasteiger partial charge in [0.1, 0.15) is 17.3 Å². The molecule has 6 heteroatoms. The van der Waals surface area contributed by atoms with Crippen LogP contribution in [0.15, 0.2) is 70.8 Å². The first kappa shape index (κ1) is 18.6. The predicted octanol–water partition coefficient (Wildman–Crippen LogP) is 4.77. The van der Waals surface area contributed by atoms with Crippen molar-refractivity contribution in [2.24, 2.45) is 0 Å². The Bertz CT molecular complexity index is 1030. The molecule has 5 nitrogen and oxygen atoms in total. The zero-order chi connectivity index (χ0) is 19.2. The Balaban J connectivity index is 2.15. The number of aromatic nitrogens is 2. The molecule has 3 aromatic rings. The van der Waals surface area contributed by atoms with E-state index in [1.807, 2.05) is 60.7 Å². The SMILES string of the molecule is CCOC(=O)/C(C#N)=C/c1cn(-c2ccccc2)nc1-c1cccc(Br)c1. The Kier molecular flexibility index (Phi) is 5.84. The van der Waals surface area contributed by atoms with Crippen LogP contribution in [-0.4, -0.2) is 22.4 Å². The maximum Gasteiger partial charge on any atom is 0.348 e. The average Bonchev–Trinajstić information content (AvgIpc) is 3.11. The number of nitriles is 1. The highest BCUT2D eigenvalue weighted by atomic mass is 79.9. The summed E-state index contributed by atoms with van der Waals surface area (Å²) < 4.78 is 7.60. The second-order valence-corrected chi connectivity index (χ2v) is 6.53. The molecule has 0 radical (unpaired) electrons. The summed E-state index contributed by atoms with van der Waals surface area (Å²) in [5.74, 6) is -0.646. The van der Waals surface area contributed by atoms with Gasteiger partial charge in [0.2, 0.25) is 0 Å². The molecule has 0 saturated heterocycles. The Morgan fingerprint density at radius 3 is 2.70 bits per heavy atom. The van der Waals surface area contributed by atoms with Crippen LogP contribution in [0.4, 0.5) is 0 Å². The van der Waals surface area contributed by atoms with E-state index in [9.17, 15) is 10.1 Å². The molecule has 2 aromatic carbocycles. The van der Waals surface area contributed by atoms with E-state index in [1.54, 1.807) is 17.8 Å². The molecule has 0 aliphatic heterocycles. The highest BCUT2D eigenvalue weighted by molar-refractivity contribution is 9.10. The van der Waals surface area contributed by atoms with Gasteiger partial charge in [0.15, 0.2) is 0 Å². The van der Waals surface area contributed by atoms with Crippen LogP contribution >= 0.6 is 15.9 Å². The van der Waals surface area contributed by atoms with Crippen molar-refractivity contribution >= 4 is 28.0 Å². The lowest BCUT2D eigenvalue weighted by Gasteiger charge is -2.02. The topological polar surface area (TPSA) is 67.9 Å². The lowest BCUT2D eigenvalue weighted by molar-refractivity contribution is -0.137. The molecule has 1 heterocycles. The first-order valence-corrected chi connectivity index (χ1v) is 9.11. The fourth-order valence-electron chi connectivity index (χ4n) is 2.57. The summed E-state index contributed by atoms with van der Waals surface area (Å²) in [5.41, 5.74) is 2.99. The fourth-order valence-corrected chi connectivity index (χ4v) is 2.97. The number of esters is 1. The normalized spacial score (nSPS) is 11.1. The van der Waals surface area contributed by atoms with Gasteiger partial charge in [-0.15, -0.1) is 0 Å². The minimum Gasteiger partial charge on any atom is -0.462 e. The monoisotopic (exact) mass is 421 g/mol. The molecular weight excluding hydrogens is 406 g/mol. The van der Waals surface area contributed by atoms with Crippen molar-refractivity contribution in [3.63, 3.8) is 0 Å². The molecule has 0 N–H and O–H groups in total. The van der Waals surface area contributed by atoms with Crippen LogP contribution in [0.2, 0.25) is 0 Å². The molecule has 0 fully saturated rings. The molecule has 0 spiro atoms. The number of rotatable bonds is 5. The van der Waals surface area contributed by atoms with E-state index in [-0.39, 0.29) is 12.2 Å². The van der Waals surface area contributed by atoms with Crippen molar-refractivity contribution in [2.75, 3.05) is 6.61 Å². The second-order valence-electron chi connectivity index (χ2n) is 5.61. The Labute approximate surface area is 165 Å². The van der Waals surface area contributed by atoms with Gasteiger partial charge in [-0.2, -0.15) is 10.4 Å². The number of halogens is 1. The van der Waals surface area contributed by atoms with Crippen molar-refractivity contribution in [2.45, 2.75) is 6.92 Å². The molecule has 0 unspecified atom stereocenters. The summed E-state index contributed by atoms with van der Waals surface area (Å²) in [7, 11) is 0. The van der Waals surface area contributed by atoms with E-state index in [2.05, 4.69) is 21.0 Å². The van der Waals surface area contributed by atoms with Crippen LogP contribution in [0.5, 0.6) is 0 Å². The average molecular weight is 422 g/mol. The van der Waals surface area contributed by atoms with Crippen molar-refractivity contribution < 1.29 is 9.53 Å². The van der Waals surface area contributed by atoms with Crippen LogP contribution in [0.1, 0.15) is 12.5 Å². The largest absolute Gasteiger partial charge is 0.462 e. The third-order valence-electron chi connectivity index (χ3n) is 3.78. The highest BCUT2D eigenvalue weighted by Gasteiger charge is 2.15. The summed E-state index contributed by atoms with van der Waals surface area (Å²) in [6.07, 6.45) is 3.31. The summed E-state index contributed by atoms with van der Waals surface area (Å²) >= 11 is 3.47. The molecule has 0 aliphatic carbocycles. The van der Waals surface area contributed by atoms with E-state index in [1.165, 1.54) is 6.08 Å². The van der Waals surface area contributed by atoms with Gasteiger partial charge in [-0.25, -0.2) is 9.48 Å². The molecule has 27 heavy (non-hydrogen) atoms. The Hall–Kier alpha value is -3.17. The molecule has 3 rings (SSSR count). The van der Waals surface area contributed by atoms with Crippen molar-refractivity contribution in [3.8, 4) is 23.0 Å². The molecular formula is C21H16BrN3O2. The molecule has 0 amide bonds. The van der Waals surface area contributed by atoms with Gasteiger partial charge >= 0.3 is 5.97 Å². The van der Waals surface area contributed by atoms with Gasteiger partial charge in [0, 0.05) is 21.8 Å². The summed E-state index contributed by atoms with van der Waals surface area (Å²) in [6, 6.07) is 19.2. The number of para-hydroxylation sites is 1. The zero-order valence-electron chi connectivity index (χ0n) is 14.6. The number of benzene rings is 2. The third kappa shape index (κ3) is 4.33. The van der Waals surface area contributed by atoms with E-state index < -0.39 is 5.97 Å². The zero-order valence-corrected chi connectivity index (χ0v) is 16.2. The van der Waals surface area contributed by atoms with E-state index in [4.69, 9.17) is 4.74 Å². The van der Waals surface area contributed by atoms with Gasteiger partial charge in [0.25, 0.3) is 0 Å². The maximum absolute atomic E-state index is 12.0. The van der Waals surface area contributed by atoms with Crippen molar-refractivity contribution in [1.82, 2.24) is 9.78 Å². The quantitative estimate of drug-likeness (QED) is 0.338. The second kappa shape index (κ2) is 8.47. The van der Waals surface area contributed by atoms with Gasteiger partial charge in [-0.1, -0.05) is 46.3 Å². The molecule has 1 aromatic heterocycles. The van der Waals surface area contributed by atoms with Crippen molar-refractivity contribution in [3.05, 3.63) is 76.4 Å². The molecule has 0 atom stereocenters. The number of hydrogen-bond acceptors (Lipinski definition) is 4. The van der Waals surface area contributed by atoms with Crippen molar-refractivity contribution in [1.29, 1.82) is 5.26 Å². The standard InChI is InChI=1S/C21H16BrN3O2/c1-2-27-21(26)16(13-23)11-17-14-25(19-9-4-3-5-10-19)24-20(17)15-7-6-8-18(22)12-15/h3-12,14H,2H2,1H3/b16-11+. The Morgan fingerprint density at radius 2 is 2.04 bits per heavy atom. The van der Waals surface area contributed by atoms with Crippen LogP contribution in [-0.2, 0) is 9.53 Å². The summed E-state index contributed by atoms with van der Waals surface area (Å²) in [6.45, 7) is 1.91. The fraction of sp³-hybridized carbons (Fsp3) is 0.0952. The van der Waals surface area contributed by atoms with E-state index in [0.717, 1.165) is 15.7 Å². The number of carbonyl (C=O) groups excluding carboxylic acids is 1. The smallest absolute Gasteiger partial charge is 0.348 e. The maximum atomic E-state index is 12.0. The van der Waals surface area contributed by atoms with Crippen LogP contribution in [0.3, 0.4) is 0 Å². The molecule has 0 aliphatic rings. The third-order valence-corrected chi connectivity index (χ3v) is 4.27. The van der Waals surface area contributed by atoms with Gasteiger partial charge in [-0.3, -0.25) is 0 Å². The Morgan fingerprint density at radius 1 is 1.26 bits per heavy atom.